The molecule has 0 saturated carbocycles. The van der Waals surface area contributed by atoms with Crippen molar-refractivity contribution in [3.05, 3.63) is 35.4 Å². The normalized spacial score (nSPS) is 12.2. The Hall–Kier alpha value is -3.05. The van der Waals surface area contributed by atoms with Crippen LogP contribution in [0.5, 0.6) is 0 Å². The number of nitrogens with zero attached hydrogens (tertiary/aromatic N) is 5. The molecule has 3 amide bonds. The van der Waals surface area contributed by atoms with Crippen molar-refractivity contribution in [2.45, 2.75) is 132 Å². The third kappa shape index (κ3) is 20.0. The number of rotatable bonds is 19. The van der Waals surface area contributed by atoms with E-state index in [2.05, 4.69) is 47.9 Å². The maximum atomic E-state index is 13.4. The molecule has 11 nitrogen and oxygen atoms in total. The highest BCUT2D eigenvalue weighted by Crippen LogP contribution is 2.15. The highest BCUT2D eigenvalue weighted by Gasteiger charge is 2.25. The SMILES string of the molecule is CCCN(CC)Cc1ccc(CN(CCCN(C)C(=O)OC(C)(C)C)CCN(CCCN(CC)C(=O)OC(C)(C)C)C(=O)OC(C)(C)C)cc1. The van der Waals surface area contributed by atoms with Crippen LogP contribution in [0.1, 0.15) is 113 Å². The minimum Gasteiger partial charge on any atom is -0.444 e. The number of carbonyl (C=O) groups is 3. The van der Waals surface area contributed by atoms with Gasteiger partial charge in [0.25, 0.3) is 0 Å². The molecule has 0 fully saturated rings. The van der Waals surface area contributed by atoms with Crippen LogP contribution < -0.4 is 0 Å². The molecule has 0 aliphatic heterocycles. The first-order chi connectivity index (χ1) is 23.2. The fourth-order valence-electron chi connectivity index (χ4n) is 5.20. The van der Waals surface area contributed by atoms with Crippen molar-refractivity contribution in [2.24, 2.45) is 0 Å². The lowest BCUT2D eigenvalue weighted by atomic mass is 10.1. The van der Waals surface area contributed by atoms with Crippen LogP contribution in [0.15, 0.2) is 24.3 Å². The Morgan fingerprint density at radius 1 is 0.520 bits per heavy atom. The quantitative estimate of drug-likeness (QED) is 0.134. The van der Waals surface area contributed by atoms with Crippen LogP contribution in [0, 0.1) is 0 Å². The second-order valence-electron chi connectivity index (χ2n) is 16.1. The second kappa shape index (κ2) is 21.3. The fourth-order valence-corrected chi connectivity index (χ4v) is 5.20. The first kappa shape index (κ1) is 45.0. The maximum Gasteiger partial charge on any atom is 0.410 e. The zero-order valence-electron chi connectivity index (χ0n) is 33.9. The average molecular weight is 706 g/mol. The van der Waals surface area contributed by atoms with Gasteiger partial charge >= 0.3 is 18.3 Å². The predicted octanol–water partition coefficient (Wildman–Crippen LogP) is 7.86. The minimum absolute atomic E-state index is 0.340. The second-order valence-corrected chi connectivity index (χ2v) is 16.1. The van der Waals surface area contributed by atoms with Gasteiger partial charge in [-0.15, -0.1) is 0 Å². The van der Waals surface area contributed by atoms with E-state index in [9.17, 15) is 14.4 Å². The molecule has 11 heteroatoms. The van der Waals surface area contributed by atoms with E-state index in [1.807, 2.05) is 69.2 Å². The van der Waals surface area contributed by atoms with Gasteiger partial charge in [-0.3, -0.25) is 9.80 Å². The summed E-state index contributed by atoms with van der Waals surface area (Å²) < 4.78 is 16.9. The number of hydrogen-bond donors (Lipinski definition) is 0. The summed E-state index contributed by atoms with van der Waals surface area (Å²) in [5.41, 5.74) is 0.703. The van der Waals surface area contributed by atoms with Crippen LogP contribution in [-0.4, -0.2) is 126 Å². The zero-order chi connectivity index (χ0) is 38.1. The molecule has 1 aromatic rings. The molecular formula is C39H71N5O6. The summed E-state index contributed by atoms with van der Waals surface area (Å²) in [6.07, 6.45) is 1.38. The molecule has 0 N–H and O–H groups in total. The molecule has 288 valence electrons. The van der Waals surface area contributed by atoms with Gasteiger partial charge in [0, 0.05) is 66.0 Å². The van der Waals surface area contributed by atoms with Crippen molar-refractivity contribution < 1.29 is 28.6 Å². The standard InChI is InChI=1S/C39H71N5O6/c1-14-23-41(15-2)30-32-19-21-33(22-20-32)31-42(25-17-24-40(13)34(45)48-37(4,5)6)28-29-44(36(47)50-39(10,11)12)27-18-26-43(16-3)35(46)49-38(7,8)9/h19-22H,14-18,23-31H2,1-13H3. The number of carbonyl (C=O) groups excluding carboxylic acids is 3. The first-order valence-corrected chi connectivity index (χ1v) is 18.6. The number of ether oxygens (including phenoxy) is 3. The molecule has 1 aromatic carbocycles. The van der Waals surface area contributed by atoms with Crippen molar-refractivity contribution in [1.29, 1.82) is 0 Å². The molecule has 0 aliphatic carbocycles. The lowest BCUT2D eigenvalue weighted by Crippen LogP contribution is -2.43. The molecule has 0 aromatic heterocycles. The van der Waals surface area contributed by atoms with Gasteiger partial charge in [-0.05, 0) is 113 Å². The first-order valence-electron chi connectivity index (χ1n) is 18.6. The van der Waals surface area contributed by atoms with E-state index in [1.165, 1.54) is 11.1 Å². The molecular weight excluding hydrogens is 634 g/mol. The van der Waals surface area contributed by atoms with Gasteiger partial charge in [0.2, 0.25) is 0 Å². The third-order valence-electron chi connectivity index (χ3n) is 7.72. The lowest BCUT2D eigenvalue weighted by molar-refractivity contribution is 0.0190. The highest BCUT2D eigenvalue weighted by molar-refractivity contribution is 5.69. The molecule has 0 saturated heterocycles. The van der Waals surface area contributed by atoms with Crippen LogP contribution in [0.4, 0.5) is 14.4 Å². The summed E-state index contributed by atoms with van der Waals surface area (Å²) in [7, 11) is 1.76. The summed E-state index contributed by atoms with van der Waals surface area (Å²) in [6.45, 7) is 30.5. The van der Waals surface area contributed by atoms with E-state index < -0.39 is 16.8 Å². The van der Waals surface area contributed by atoms with E-state index in [4.69, 9.17) is 14.2 Å². The van der Waals surface area contributed by atoms with E-state index in [0.29, 0.717) is 52.2 Å². The molecule has 0 aliphatic rings. The number of hydrogen-bond acceptors (Lipinski definition) is 8. The molecule has 0 atom stereocenters. The molecule has 50 heavy (non-hydrogen) atoms. The van der Waals surface area contributed by atoms with Crippen molar-refractivity contribution in [2.75, 3.05) is 66.0 Å². The molecule has 0 heterocycles. The van der Waals surface area contributed by atoms with Gasteiger partial charge in [0.05, 0.1) is 0 Å². The van der Waals surface area contributed by atoms with Gasteiger partial charge in [0.15, 0.2) is 0 Å². The molecule has 0 unspecified atom stereocenters. The predicted molar refractivity (Wildman–Crippen MR) is 202 cm³/mol. The largest absolute Gasteiger partial charge is 0.444 e. The third-order valence-corrected chi connectivity index (χ3v) is 7.72. The summed E-state index contributed by atoms with van der Waals surface area (Å²) in [6, 6.07) is 8.80. The summed E-state index contributed by atoms with van der Waals surface area (Å²) in [5, 5.41) is 0. The van der Waals surface area contributed by atoms with Crippen molar-refractivity contribution in [1.82, 2.24) is 24.5 Å². The van der Waals surface area contributed by atoms with Crippen molar-refractivity contribution in [3.8, 4) is 0 Å². The van der Waals surface area contributed by atoms with Crippen LogP contribution in [0.3, 0.4) is 0 Å². The molecule has 0 spiro atoms. The van der Waals surface area contributed by atoms with Crippen LogP contribution in [-0.2, 0) is 27.3 Å². The highest BCUT2D eigenvalue weighted by atomic mass is 16.6. The maximum absolute atomic E-state index is 13.4. The number of benzene rings is 1. The fraction of sp³-hybridized carbons (Fsp3) is 0.769. The summed E-state index contributed by atoms with van der Waals surface area (Å²) >= 11 is 0. The van der Waals surface area contributed by atoms with E-state index in [1.54, 1.807) is 21.7 Å². The smallest absolute Gasteiger partial charge is 0.410 e. The summed E-state index contributed by atoms with van der Waals surface area (Å²) in [4.78, 5) is 48.5. The zero-order valence-corrected chi connectivity index (χ0v) is 33.9. The van der Waals surface area contributed by atoms with Gasteiger partial charge < -0.3 is 28.9 Å². The monoisotopic (exact) mass is 706 g/mol. The van der Waals surface area contributed by atoms with Crippen molar-refractivity contribution in [3.63, 3.8) is 0 Å². The summed E-state index contributed by atoms with van der Waals surface area (Å²) in [5.74, 6) is 0. The number of amides is 3. The van der Waals surface area contributed by atoms with Gasteiger partial charge in [0.1, 0.15) is 16.8 Å². The van der Waals surface area contributed by atoms with E-state index >= 15 is 0 Å². The Kier molecular flexibility index (Phi) is 19.2. The van der Waals surface area contributed by atoms with Gasteiger partial charge in [-0.2, -0.15) is 0 Å². The Morgan fingerprint density at radius 2 is 0.960 bits per heavy atom. The Labute approximate surface area is 304 Å². The van der Waals surface area contributed by atoms with E-state index in [-0.39, 0.29) is 18.3 Å². The minimum atomic E-state index is -0.639. The Balaban J connectivity index is 3.10. The lowest BCUT2D eigenvalue weighted by Gasteiger charge is -2.31. The average Bonchev–Trinajstić information content (AvgIpc) is 2.98. The van der Waals surface area contributed by atoms with Crippen LogP contribution >= 0.6 is 0 Å². The van der Waals surface area contributed by atoms with Gasteiger partial charge in [-0.25, -0.2) is 14.4 Å². The Bertz CT molecular complexity index is 1140. The van der Waals surface area contributed by atoms with Crippen molar-refractivity contribution >= 4 is 18.3 Å². The topological polar surface area (TPSA) is 95.1 Å². The molecule has 0 radical (unpaired) electrons. The molecule has 0 bridgehead atoms. The van der Waals surface area contributed by atoms with Crippen LogP contribution in [0.2, 0.25) is 0 Å². The van der Waals surface area contributed by atoms with Gasteiger partial charge in [-0.1, -0.05) is 38.1 Å². The molecule has 1 rings (SSSR count). The van der Waals surface area contributed by atoms with E-state index in [0.717, 1.165) is 39.0 Å². The Morgan fingerprint density at radius 3 is 1.42 bits per heavy atom. The van der Waals surface area contributed by atoms with Crippen LogP contribution in [0.25, 0.3) is 0 Å².